The monoisotopic (exact) mass is 146 g/mol. The van der Waals surface area contributed by atoms with Gasteiger partial charge >= 0.3 is 18.9 Å². The zero-order valence-corrected chi connectivity index (χ0v) is 7.60. The molecule has 0 N–H and O–H groups in total. The number of hydrogen-bond donors (Lipinski definition) is 0. The van der Waals surface area contributed by atoms with Crippen LogP contribution in [0, 0.1) is 5.92 Å². The Morgan fingerprint density at radius 2 is 1.82 bits per heavy atom. The van der Waals surface area contributed by atoms with Gasteiger partial charge in [-0.3, -0.25) is 0 Å². The minimum absolute atomic E-state index is 0. The Hall–Kier alpha value is 0.137. The van der Waals surface area contributed by atoms with Crippen LogP contribution in [0.5, 0.6) is 0 Å². The van der Waals surface area contributed by atoms with Gasteiger partial charge in [-0.25, -0.2) is 0 Å². The van der Waals surface area contributed by atoms with E-state index in [-0.39, 0.29) is 18.9 Å². The van der Waals surface area contributed by atoms with Crippen molar-refractivity contribution >= 4 is 0 Å². The van der Waals surface area contributed by atoms with Crippen molar-refractivity contribution in [3.63, 3.8) is 0 Å². The third-order valence-electron chi connectivity index (χ3n) is 2.29. The van der Waals surface area contributed by atoms with E-state index in [2.05, 4.69) is 0 Å². The van der Waals surface area contributed by atoms with Gasteiger partial charge in [0.15, 0.2) is 0 Å². The molecule has 0 heterocycles. The van der Waals surface area contributed by atoms with Crippen LogP contribution in [-0.4, -0.2) is 0 Å². The van der Waals surface area contributed by atoms with Crippen LogP contribution in [0.25, 0.3) is 0 Å². The van der Waals surface area contributed by atoms with Crippen LogP contribution in [0.1, 0.15) is 39.0 Å². The van der Waals surface area contributed by atoms with Crippen molar-refractivity contribution in [1.82, 2.24) is 0 Å². The van der Waals surface area contributed by atoms with Crippen molar-refractivity contribution in [2.75, 3.05) is 0 Å². The first kappa shape index (κ1) is 11.1. The van der Waals surface area contributed by atoms with E-state index in [9.17, 15) is 5.11 Å². The molecule has 0 unspecified atom stereocenters. The van der Waals surface area contributed by atoms with E-state index in [1.807, 2.05) is 6.92 Å². The molecule has 0 aromatic carbocycles. The molecule has 0 aromatic rings. The third-order valence-corrected chi connectivity index (χ3v) is 2.29. The normalized spacial score (nSPS) is 21.0. The molecule has 0 spiro atoms. The van der Waals surface area contributed by atoms with Gasteiger partial charge in [0.1, 0.15) is 0 Å². The second-order valence-electron chi connectivity index (χ2n) is 3.03. The Morgan fingerprint density at radius 3 is 2.27 bits per heavy atom. The van der Waals surface area contributed by atoms with E-state index in [0.717, 1.165) is 12.8 Å². The maximum atomic E-state index is 11.1. The van der Waals surface area contributed by atoms with Crippen molar-refractivity contribution in [1.29, 1.82) is 0 Å². The maximum absolute atomic E-state index is 11.1. The SMILES string of the molecule is C/C=C(\[O-])C1CCCCC1.[Li+]. The molecule has 1 fully saturated rings. The molecule has 1 aliphatic rings. The van der Waals surface area contributed by atoms with Crippen LogP contribution in [0.3, 0.4) is 0 Å². The average molecular weight is 146 g/mol. The average Bonchev–Trinajstić information content (AvgIpc) is 2.05. The molecule has 1 aliphatic carbocycles. The summed E-state index contributed by atoms with van der Waals surface area (Å²) in [7, 11) is 0. The van der Waals surface area contributed by atoms with Gasteiger partial charge in [-0.05, 0) is 25.7 Å². The molecule has 0 aromatic heterocycles. The van der Waals surface area contributed by atoms with Gasteiger partial charge in [0.25, 0.3) is 0 Å². The van der Waals surface area contributed by atoms with Gasteiger partial charge in [-0.2, -0.15) is 0 Å². The summed E-state index contributed by atoms with van der Waals surface area (Å²) in [5.74, 6) is 0.735. The molecular weight excluding hydrogens is 131 g/mol. The smallest absolute Gasteiger partial charge is 0.875 e. The topological polar surface area (TPSA) is 23.1 Å². The third kappa shape index (κ3) is 3.36. The van der Waals surface area contributed by atoms with Crippen LogP contribution >= 0.6 is 0 Å². The fourth-order valence-electron chi connectivity index (χ4n) is 1.62. The van der Waals surface area contributed by atoms with Gasteiger partial charge in [-0.15, -0.1) is 5.76 Å². The first-order chi connectivity index (χ1) is 4.84. The molecule has 2 heteroatoms. The molecule has 0 bridgehead atoms. The zero-order chi connectivity index (χ0) is 7.40. The van der Waals surface area contributed by atoms with Crippen molar-refractivity contribution in [3.8, 4) is 0 Å². The Labute approximate surface area is 81.1 Å². The van der Waals surface area contributed by atoms with Crippen LogP contribution in [0.4, 0.5) is 0 Å². The zero-order valence-electron chi connectivity index (χ0n) is 7.60. The molecule has 58 valence electrons. The van der Waals surface area contributed by atoms with E-state index >= 15 is 0 Å². The van der Waals surface area contributed by atoms with Crippen LogP contribution in [0.2, 0.25) is 0 Å². The predicted octanol–water partition coefficient (Wildman–Crippen LogP) is -1.17. The van der Waals surface area contributed by atoms with Crippen LogP contribution in [0.15, 0.2) is 11.8 Å². The van der Waals surface area contributed by atoms with Crippen molar-refractivity contribution < 1.29 is 24.0 Å². The second-order valence-corrected chi connectivity index (χ2v) is 3.03. The molecule has 0 amide bonds. The number of rotatable bonds is 1. The largest absolute Gasteiger partial charge is 1.00 e. The Kier molecular flexibility index (Phi) is 5.82. The first-order valence-electron chi connectivity index (χ1n) is 4.18. The summed E-state index contributed by atoms with van der Waals surface area (Å²) < 4.78 is 0. The van der Waals surface area contributed by atoms with Gasteiger partial charge < -0.3 is 5.11 Å². The van der Waals surface area contributed by atoms with Crippen molar-refractivity contribution in [2.24, 2.45) is 5.92 Å². The van der Waals surface area contributed by atoms with Crippen molar-refractivity contribution in [3.05, 3.63) is 11.8 Å². The Morgan fingerprint density at radius 1 is 1.27 bits per heavy atom. The standard InChI is InChI=1S/C9H16O.Li/c1-2-9(10)8-6-4-3-5-7-8;/h2,8,10H,3-7H2,1H3;/q;+1/p-1/b9-2-;. The fourth-order valence-corrected chi connectivity index (χ4v) is 1.62. The van der Waals surface area contributed by atoms with E-state index < -0.39 is 0 Å². The van der Waals surface area contributed by atoms with Gasteiger partial charge in [-0.1, -0.05) is 25.3 Å². The molecule has 0 aliphatic heterocycles. The van der Waals surface area contributed by atoms with Gasteiger partial charge in [0, 0.05) is 0 Å². The van der Waals surface area contributed by atoms with E-state index in [4.69, 9.17) is 0 Å². The van der Waals surface area contributed by atoms with Crippen LogP contribution in [-0.2, 0) is 0 Å². The molecular formula is C9H15LiO. The summed E-state index contributed by atoms with van der Waals surface area (Å²) in [6, 6.07) is 0. The predicted molar refractivity (Wildman–Crippen MR) is 40.3 cm³/mol. The molecule has 0 saturated heterocycles. The minimum Gasteiger partial charge on any atom is -0.875 e. The van der Waals surface area contributed by atoms with Gasteiger partial charge in [0.05, 0.1) is 0 Å². The fraction of sp³-hybridized carbons (Fsp3) is 0.778. The first-order valence-corrected chi connectivity index (χ1v) is 4.18. The molecule has 1 nitrogen and oxygen atoms in total. The van der Waals surface area contributed by atoms with Crippen molar-refractivity contribution in [2.45, 2.75) is 39.0 Å². The summed E-state index contributed by atoms with van der Waals surface area (Å²) in [5, 5.41) is 11.1. The Balaban J connectivity index is 0.000001000. The molecule has 11 heavy (non-hydrogen) atoms. The molecule has 0 atom stereocenters. The summed E-state index contributed by atoms with van der Waals surface area (Å²) in [6.45, 7) is 1.84. The van der Waals surface area contributed by atoms with E-state index in [1.165, 1.54) is 19.3 Å². The van der Waals surface area contributed by atoms with Gasteiger partial charge in [0.2, 0.25) is 0 Å². The summed E-state index contributed by atoms with van der Waals surface area (Å²) in [5.41, 5.74) is 0. The minimum atomic E-state index is 0. The second kappa shape index (κ2) is 5.75. The summed E-state index contributed by atoms with van der Waals surface area (Å²) in [4.78, 5) is 0. The summed E-state index contributed by atoms with van der Waals surface area (Å²) >= 11 is 0. The quantitative estimate of drug-likeness (QED) is 0.338. The maximum Gasteiger partial charge on any atom is 1.00 e. The molecule has 1 saturated carbocycles. The van der Waals surface area contributed by atoms with Crippen LogP contribution < -0.4 is 24.0 Å². The number of hydrogen-bond acceptors (Lipinski definition) is 1. The molecule has 1 rings (SSSR count). The van der Waals surface area contributed by atoms with E-state index in [1.54, 1.807) is 6.08 Å². The van der Waals surface area contributed by atoms with E-state index in [0.29, 0.717) is 11.7 Å². The molecule has 0 radical (unpaired) electrons. The number of allylic oxidation sites excluding steroid dienone is 2. The Bertz CT molecular complexity index is 126. The summed E-state index contributed by atoms with van der Waals surface area (Å²) in [6.07, 6.45) is 7.81.